The van der Waals surface area contributed by atoms with E-state index in [2.05, 4.69) is 44.4 Å². The van der Waals surface area contributed by atoms with Crippen LogP contribution in [0.5, 0.6) is 0 Å². The van der Waals surface area contributed by atoms with E-state index in [1.54, 1.807) is 0 Å². The van der Waals surface area contributed by atoms with Crippen LogP contribution >= 0.6 is 0 Å². The predicted molar refractivity (Wildman–Crippen MR) is 74.2 cm³/mol. The van der Waals surface area contributed by atoms with Crippen LogP contribution in [0.3, 0.4) is 0 Å². The van der Waals surface area contributed by atoms with E-state index in [1.807, 2.05) is 0 Å². The number of aryl methyl sites for hydroxylation is 2. The summed E-state index contributed by atoms with van der Waals surface area (Å²) >= 11 is 0. The van der Waals surface area contributed by atoms with Gasteiger partial charge in [0.05, 0.1) is 11.6 Å². The largest absolute Gasteiger partial charge is 0.373 e. The van der Waals surface area contributed by atoms with Crippen LogP contribution in [0.25, 0.3) is 0 Å². The van der Waals surface area contributed by atoms with Crippen molar-refractivity contribution < 1.29 is 4.74 Å². The molecular formula is C15H24N2O. The quantitative estimate of drug-likeness (QED) is 0.638. The number of nitrogens with one attached hydrogen (secondary N) is 1. The Kier molecular flexibility index (Phi) is 4.05. The molecule has 100 valence electrons. The predicted octanol–water partition coefficient (Wildman–Crippen LogP) is 2.77. The summed E-state index contributed by atoms with van der Waals surface area (Å²) in [6.45, 7) is 7.25. The van der Waals surface area contributed by atoms with Gasteiger partial charge in [-0.25, -0.2) is 0 Å². The van der Waals surface area contributed by atoms with E-state index in [-0.39, 0.29) is 11.6 Å². The van der Waals surface area contributed by atoms with Gasteiger partial charge in [0.25, 0.3) is 0 Å². The van der Waals surface area contributed by atoms with Crippen molar-refractivity contribution in [3.8, 4) is 0 Å². The van der Waals surface area contributed by atoms with Gasteiger partial charge in [-0.1, -0.05) is 18.2 Å². The maximum atomic E-state index is 6.00. The van der Waals surface area contributed by atoms with Crippen LogP contribution < -0.4 is 11.3 Å². The minimum atomic E-state index is -0.200. The van der Waals surface area contributed by atoms with Gasteiger partial charge >= 0.3 is 0 Å². The highest BCUT2D eigenvalue weighted by Gasteiger charge is 2.37. The normalized spacial score (nSPS) is 26.0. The lowest BCUT2D eigenvalue weighted by Gasteiger charge is -2.40. The van der Waals surface area contributed by atoms with Crippen LogP contribution in [0.2, 0.25) is 0 Å². The third kappa shape index (κ3) is 2.58. The van der Waals surface area contributed by atoms with Crippen molar-refractivity contribution in [1.82, 2.24) is 5.43 Å². The fraction of sp³-hybridized carbons (Fsp3) is 0.600. The lowest BCUT2D eigenvalue weighted by molar-refractivity contribution is -0.0899. The van der Waals surface area contributed by atoms with Crippen LogP contribution in [0.15, 0.2) is 18.2 Å². The van der Waals surface area contributed by atoms with Gasteiger partial charge in [-0.15, -0.1) is 0 Å². The molecule has 0 aliphatic carbocycles. The summed E-state index contributed by atoms with van der Waals surface area (Å²) in [5.74, 6) is 5.78. The average molecular weight is 248 g/mol. The smallest absolute Gasteiger partial charge is 0.0861 e. The topological polar surface area (TPSA) is 47.3 Å². The summed E-state index contributed by atoms with van der Waals surface area (Å²) in [6, 6.07) is 6.57. The highest BCUT2D eigenvalue weighted by atomic mass is 16.5. The molecule has 3 nitrogen and oxygen atoms in total. The van der Waals surface area contributed by atoms with Gasteiger partial charge in [0, 0.05) is 6.61 Å². The zero-order valence-electron chi connectivity index (χ0n) is 11.6. The molecule has 3 heteroatoms. The lowest BCUT2D eigenvalue weighted by Crippen LogP contribution is -2.48. The molecule has 1 aliphatic heterocycles. The van der Waals surface area contributed by atoms with E-state index >= 15 is 0 Å². The Hall–Kier alpha value is -0.900. The minimum absolute atomic E-state index is 0.0529. The molecule has 1 fully saturated rings. The molecule has 0 spiro atoms. The molecule has 0 aromatic heterocycles. The first-order valence-corrected chi connectivity index (χ1v) is 6.74. The van der Waals surface area contributed by atoms with Crippen molar-refractivity contribution in [3.05, 3.63) is 34.9 Å². The van der Waals surface area contributed by atoms with Crippen molar-refractivity contribution in [2.45, 2.75) is 51.7 Å². The van der Waals surface area contributed by atoms with E-state index < -0.39 is 0 Å². The van der Waals surface area contributed by atoms with Crippen molar-refractivity contribution in [2.75, 3.05) is 6.61 Å². The van der Waals surface area contributed by atoms with E-state index in [1.165, 1.54) is 23.1 Å². The van der Waals surface area contributed by atoms with Crippen molar-refractivity contribution in [3.63, 3.8) is 0 Å². The molecule has 1 aromatic rings. The molecule has 0 amide bonds. The number of rotatable bonds is 3. The maximum absolute atomic E-state index is 6.00. The Morgan fingerprint density at radius 3 is 2.61 bits per heavy atom. The zero-order chi connectivity index (χ0) is 13.2. The molecule has 1 aromatic carbocycles. The summed E-state index contributed by atoms with van der Waals surface area (Å²) in [4.78, 5) is 0. The second kappa shape index (κ2) is 5.39. The maximum Gasteiger partial charge on any atom is 0.0861 e. The number of benzene rings is 1. The lowest BCUT2D eigenvalue weighted by atomic mass is 9.84. The standard InChI is InChI=1S/C15H24N2O/c1-11-6-7-13(10-12(11)2)14(17-16)15(3)8-4-5-9-18-15/h6-7,10,14,17H,4-5,8-9,16H2,1-3H3. The van der Waals surface area contributed by atoms with Crippen molar-refractivity contribution in [1.29, 1.82) is 0 Å². The molecule has 1 heterocycles. The van der Waals surface area contributed by atoms with Gasteiger partial charge in [-0.2, -0.15) is 0 Å². The number of nitrogens with two attached hydrogens (primary N) is 1. The first kappa shape index (κ1) is 13.5. The Morgan fingerprint density at radius 1 is 1.28 bits per heavy atom. The third-order valence-corrected chi connectivity index (χ3v) is 4.14. The van der Waals surface area contributed by atoms with Crippen LogP contribution in [-0.2, 0) is 4.74 Å². The SMILES string of the molecule is Cc1ccc(C(NN)C2(C)CCCCO2)cc1C. The molecule has 1 saturated heterocycles. The summed E-state index contributed by atoms with van der Waals surface area (Å²) in [7, 11) is 0. The second-order valence-corrected chi connectivity index (χ2v) is 5.56. The fourth-order valence-electron chi connectivity index (χ4n) is 2.75. The third-order valence-electron chi connectivity index (χ3n) is 4.14. The van der Waals surface area contributed by atoms with Gasteiger partial charge in [0.1, 0.15) is 0 Å². The van der Waals surface area contributed by atoms with E-state index in [0.717, 1.165) is 19.4 Å². The van der Waals surface area contributed by atoms with Crippen LogP contribution in [0, 0.1) is 13.8 Å². The molecule has 1 aliphatic rings. The Bertz CT molecular complexity index is 411. The van der Waals surface area contributed by atoms with Crippen molar-refractivity contribution in [2.24, 2.45) is 5.84 Å². The molecular weight excluding hydrogens is 224 g/mol. The number of hydrazine groups is 1. The second-order valence-electron chi connectivity index (χ2n) is 5.56. The monoisotopic (exact) mass is 248 g/mol. The summed E-state index contributed by atoms with van der Waals surface area (Å²) in [5.41, 5.74) is 6.57. The summed E-state index contributed by atoms with van der Waals surface area (Å²) in [6.07, 6.45) is 3.41. The number of ether oxygens (including phenoxy) is 1. The fourth-order valence-corrected chi connectivity index (χ4v) is 2.75. The average Bonchev–Trinajstić information content (AvgIpc) is 2.35. The first-order chi connectivity index (χ1) is 8.57. The molecule has 3 N–H and O–H groups in total. The highest BCUT2D eigenvalue weighted by molar-refractivity contribution is 5.33. The van der Waals surface area contributed by atoms with Gasteiger partial charge in [-0.3, -0.25) is 11.3 Å². The van der Waals surface area contributed by atoms with Gasteiger partial charge in [0.2, 0.25) is 0 Å². The first-order valence-electron chi connectivity index (χ1n) is 6.74. The number of hydrogen-bond donors (Lipinski definition) is 2. The van der Waals surface area contributed by atoms with E-state index in [4.69, 9.17) is 10.6 Å². The molecule has 18 heavy (non-hydrogen) atoms. The highest BCUT2D eigenvalue weighted by Crippen LogP contribution is 2.36. The molecule has 0 saturated carbocycles. The Labute approximate surface area is 110 Å². The van der Waals surface area contributed by atoms with Crippen LogP contribution in [-0.4, -0.2) is 12.2 Å². The van der Waals surface area contributed by atoms with Gasteiger partial charge < -0.3 is 4.74 Å². The summed E-state index contributed by atoms with van der Waals surface area (Å²) < 4.78 is 6.00. The molecule has 2 rings (SSSR count). The molecule has 0 radical (unpaired) electrons. The van der Waals surface area contributed by atoms with E-state index in [9.17, 15) is 0 Å². The number of hydrogen-bond acceptors (Lipinski definition) is 3. The summed E-state index contributed by atoms with van der Waals surface area (Å²) in [5, 5.41) is 0. The van der Waals surface area contributed by atoms with Crippen molar-refractivity contribution >= 4 is 0 Å². The Morgan fingerprint density at radius 2 is 2.06 bits per heavy atom. The molecule has 2 unspecified atom stereocenters. The molecule has 0 bridgehead atoms. The van der Waals surface area contributed by atoms with Gasteiger partial charge in [-0.05, 0) is 56.7 Å². The zero-order valence-corrected chi connectivity index (χ0v) is 11.6. The van der Waals surface area contributed by atoms with Crippen LogP contribution in [0.1, 0.15) is 48.9 Å². The van der Waals surface area contributed by atoms with Crippen LogP contribution in [0.4, 0.5) is 0 Å². The minimum Gasteiger partial charge on any atom is -0.373 e. The molecule has 2 atom stereocenters. The van der Waals surface area contributed by atoms with E-state index in [0.29, 0.717) is 0 Å². The Balaban J connectivity index is 2.29. The van der Waals surface area contributed by atoms with Gasteiger partial charge in [0.15, 0.2) is 0 Å².